The van der Waals surface area contributed by atoms with Crippen molar-refractivity contribution in [3.63, 3.8) is 0 Å². The number of aromatic amines is 2. The molecule has 0 aliphatic heterocycles. The van der Waals surface area contributed by atoms with Gasteiger partial charge in [-0.1, -0.05) is 18.2 Å². The number of imidazole rings is 1. The molecule has 0 saturated carbocycles. The van der Waals surface area contributed by atoms with Gasteiger partial charge in [-0.2, -0.15) is 0 Å². The third kappa shape index (κ3) is 1.62. The van der Waals surface area contributed by atoms with Crippen molar-refractivity contribution < 1.29 is 0 Å². The molecule has 4 heteroatoms. The van der Waals surface area contributed by atoms with E-state index in [1.54, 1.807) is 6.20 Å². The maximum Gasteiger partial charge on any atom is 0.114 e. The Hall–Kier alpha value is -2.07. The van der Waals surface area contributed by atoms with E-state index in [1.807, 2.05) is 24.5 Å². The van der Waals surface area contributed by atoms with E-state index in [-0.39, 0.29) is 5.92 Å². The lowest BCUT2D eigenvalue weighted by Gasteiger charge is -2.11. The summed E-state index contributed by atoms with van der Waals surface area (Å²) in [6.45, 7) is 0.537. The molecule has 4 nitrogen and oxygen atoms in total. The van der Waals surface area contributed by atoms with Crippen molar-refractivity contribution in [3.8, 4) is 0 Å². The Morgan fingerprint density at radius 3 is 2.88 bits per heavy atom. The van der Waals surface area contributed by atoms with E-state index < -0.39 is 0 Å². The second-order valence-electron chi connectivity index (χ2n) is 4.05. The number of fused-ring (bicyclic) bond motifs is 1. The van der Waals surface area contributed by atoms with Gasteiger partial charge in [-0.15, -0.1) is 0 Å². The number of nitrogens with zero attached hydrogens (tertiary/aromatic N) is 1. The average Bonchev–Trinajstić information content (AvgIpc) is 3.01. The van der Waals surface area contributed by atoms with Crippen LogP contribution in [0.3, 0.4) is 0 Å². The van der Waals surface area contributed by atoms with E-state index in [9.17, 15) is 0 Å². The molecule has 0 fully saturated rings. The quantitative estimate of drug-likeness (QED) is 0.639. The van der Waals surface area contributed by atoms with Gasteiger partial charge in [-0.3, -0.25) is 0 Å². The zero-order valence-electron chi connectivity index (χ0n) is 9.35. The molecule has 0 amide bonds. The highest BCUT2D eigenvalue weighted by Crippen LogP contribution is 2.28. The summed E-state index contributed by atoms with van der Waals surface area (Å²) < 4.78 is 0. The van der Waals surface area contributed by atoms with E-state index in [1.165, 1.54) is 10.9 Å². The maximum atomic E-state index is 5.87. The lowest BCUT2D eigenvalue weighted by atomic mass is 9.98. The van der Waals surface area contributed by atoms with Crippen LogP contribution >= 0.6 is 0 Å². The summed E-state index contributed by atoms with van der Waals surface area (Å²) in [5.41, 5.74) is 8.20. The number of rotatable bonds is 3. The van der Waals surface area contributed by atoms with Gasteiger partial charge in [0, 0.05) is 36.0 Å². The molecule has 0 spiro atoms. The van der Waals surface area contributed by atoms with Crippen molar-refractivity contribution in [3.05, 3.63) is 54.2 Å². The highest BCUT2D eigenvalue weighted by Gasteiger charge is 2.18. The van der Waals surface area contributed by atoms with Crippen LogP contribution in [0.15, 0.2) is 42.9 Å². The second kappa shape index (κ2) is 4.07. The minimum Gasteiger partial charge on any atom is -0.361 e. The smallest absolute Gasteiger partial charge is 0.114 e. The molecule has 17 heavy (non-hydrogen) atoms. The standard InChI is InChI=1S/C13H14N4/c14-7-10(13-15-5-6-16-13)11-8-17-12-4-2-1-3-9(11)12/h1-6,8,10,17H,7,14H2,(H,15,16). The van der Waals surface area contributed by atoms with Gasteiger partial charge in [-0.05, 0) is 11.6 Å². The molecule has 0 radical (unpaired) electrons. The third-order valence-electron chi connectivity index (χ3n) is 3.08. The van der Waals surface area contributed by atoms with Crippen molar-refractivity contribution >= 4 is 10.9 Å². The number of hydrogen-bond donors (Lipinski definition) is 3. The zero-order chi connectivity index (χ0) is 11.7. The number of benzene rings is 1. The Labute approximate surface area is 98.9 Å². The first-order chi connectivity index (χ1) is 8.40. The lowest BCUT2D eigenvalue weighted by molar-refractivity contribution is 0.770. The van der Waals surface area contributed by atoms with Crippen LogP contribution in [0.5, 0.6) is 0 Å². The van der Waals surface area contributed by atoms with Crippen molar-refractivity contribution in [1.82, 2.24) is 15.0 Å². The molecule has 1 aromatic carbocycles. The van der Waals surface area contributed by atoms with Crippen LogP contribution in [0.1, 0.15) is 17.3 Å². The lowest BCUT2D eigenvalue weighted by Crippen LogP contribution is -2.14. The minimum atomic E-state index is 0.112. The first kappa shape index (κ1) is 10.1. The highest BCUT2D eigenvalue weighted by atomic mass is 14.9. The Kier molecular flexibility index (Phi) is 2.42. The molecule has 1 unspecified atom stereocenters. The number of nitrogens with two attached hydrogens (primary N) is 1. The molecule has 0 saturated heterocycles. The zero-order valence-corrected chi connectivity index (χ0v) is 9.35. The number of nitrogens with one attached hydrogen (secondary N) is 2. The SMILES string of the molecule is NCC(c1ncc[nH]1)c1c[nH]c2ccccc12. The second-order valence-corrected chi connectivity index (χ2v) is 4.05. The fourth-order valence-corrected chi connectivity index (χ4v) is 2.24. The predicted octanol–water partition coefficient (Wildman–Crippen LogP) is 1.98. The van der Waals surface area contributed by atoms with Crippen molar-refractivity contribution in [1.29, 1.82) is 0 Å². The van der Waals surface area contributed by atoms with E-state index in [0.717, 1.165) is 11.3 Å². The Morgan fingerprint density at radius 2 is 2.12 bits per heavy atom. The summed E-state index contributed by atoms with van der Waals surface area (Å²) in [5.74, 6) is 1.03. The Morgan fingerprint density at radius 1 is 1.24 bits per heavy atom. The van der Waals surface area contributed by atoms with Gasteiger partial charge < -0.3 is 15.7 Å². The van der Waals surface area contributed by atoms with Gasteiger partial charge >= 0.3 is 0 Å². The van der Waals surface area contributed by atoms with E-state index in [2.05, 4.69) is 27.1 Å². The molecule has 1 atom stereocenters. The van der Waals surface area contributed by atoms with Crippen LogP contribution in [-0.2, 0) is 0 Å². The minimum absolute atomic E-state index is 0.112. The van der Waals surface area contributed by atoms with Gasteiger partial charge in [0.25, 0.3) is 0 Å². The van der Waals surface area contributed by atoms with Crippen LogP contribution in [-0.4, -0.2) is 21.5 Å². The molecule has 0 bridgehead atoms. The summed E-state index contributed by atoms with van der Waals surface area (Å²) in [5, 5.41) is 1.21. The predicted molar refractivity (Wildman–Crippen MR) is 67.8 cm³/mol. The normalized spacial score (nSPS) is 13.0. The van der Waals surface area contributed by atoms with Gasteiger partial charge in [0.1, 0.15) is 5.82 Å². The molecule has 4 N–H and O–H groups in total. The van der Waals surface area contributed by atoms with Crippen LogP contribution < -0.4 is 5.73 Å². The Bertz CT molecular complexity index is 609. The summed E-state index contributed by atoms with van der Waals surface area (Å²) in [6.07, 6.45) is 5.60. The fraction of sp³-hybridized carbons (Fsp3) is 0.154. The van der Waals surface area contributed by atoms with E-state index in [0.29, 0.717) is 6.54 Å². The van der Waals surface area contributed by atoms with Gasteiger partial charge in [0.15, 0.2) is 0 Å². The van der Waals surface area contributed by atoms with Gasteiger partial charge in [-0.25, -0.2) is 4.98 Å². The molecule has 0 aliphatic carbocycles. The number of para-hydroxylation sites is 1. The topological polar surface area (TPSA) is 70.5 Å². The average molecular weight is 226 g/mol. The van der Waals surface area contributed by atoms with Crippen LogP contribution in [0, 0.1) is 0 Å². The highest BCUT2D eigenvalue weighted by molar-refractivity contribution is 5.84. The summed E-state index contributed by atoms with van der Waals surface area (Å²) in [6, 6.07) is 8.23. The molecular formula is C13H14N4. The first-order valence-corrected chi connectivity index (χ1v) is 5.65. The van der Waals surface area contributed by atoms with Crippen molar-refractivity contribution in [2.75, 3.05) is 6.54 Å². The third-order valence-corrected chi connectivity index (χ3v) is 3.08. The molecule has 0 aliphatic rings. The van der Waals surface area contributed by atoms with E-state index >= 15 is 0 Å². The van der Waals surface area contributed by atoms with Gasteiger partial charge in [0.05, 0.1) is 5.92 Å². The fourth-order valence-electron chi connectivity index (χ4n) is 2.24. The number of hydrogen-bond acceptors (Lipinski definition) is 2. The molecule has 3 rings (SSSR count). The maximum absolute atomic E-state index is 5.87. The van der Waals surface area contributed by atoms with E-state index in [4.69, 9.17) is 5.73 Å². The van der Waals surface area contributed by atoms with Crippen molar-refractivity contribution in [2.45, 2.75) is 5.92 Å². The summed E-state index contributed by atoms with van der Waals surface area (Å²) >= 11 is 0. The monoisotopic (exact) mass is 226 g/mol. The number of H-pyrrole nitrogens is 2. The van der Waals surface area contributed by atoms with Crippen LogP contribution in [0.2, 0.25) is 0 Å². The molecule has 86 valence electrons. The van der Waals surface area contributed by atoms with Crippen LogP contribution in [0.25, 0.3) is 10.9 Å². The molecule has 2 aromatic heterocycles. The molecule has 2 heterocycles. The largest absolute Gasteiger partial charge is 0.361 e. The van der Waals surface area contributed by atoms with Gasteiger partial charge in [0.2, 0.25) is 0 Å². The first-order valence-electron chi connectivity index (χ1n) is 5.65. The molecule has 3 aromatic rings. The summed E-state index contributed by atoms with van der Waals surface area (Å²) in [7, 11) is 0. The Balaban J connectivity index is 2.13. The molecular weight excluding hydrogens is 212 g/mol. The summed E-state index contributed by atoms with van der Waals surface area (Å²) in [4.78, 5) is 10.7. The van der Waals surface area contributed by atoms with Crippen LogP contribution in [0.4, 0.5) is 0 Å². The van der Waals surface area contributed by atoms with Crippen molar-refractivity contribution in [2.24, 2.45) is 5.73 Å². The number of aromatic nitrogens is 3.